The van der Waals surface area contributed by atoms with E-state index in [2.05, 4.69) is 28.7 Å². The second kappa shape index (κ2) is 9.87. The van der Waals surface area contributed by atoms with E-state index in [-0.39, 0.29) is 17.0 Å². The van der Waals surface area contributed by atoms with Crippen LogP contribution in [0, 0.1) is 5.82 Å². The fourth-order valence-corrected chi connectivity index (χ4v) is 3.60. The summed E-state index contributed by atoms with van der Waals surface area (Å²) in [7, 11) is 0. The van der Waals surface area contributed by atoms with Crippen molar-refractivity contribution >= 4 is 23.3 Å². The maximum Gasteiger partial charge on any atom is 0.224 e. The van der Waals surface area contributed by atoms with Gasteiger partial charge in [-0.2, -0.15) is 0 Å². The van der Waals surface area contributed by atoms with Crippen LogP contribution in [0.25, 0.3) is 0 Å². The molecule has 6 nitrogen and oxygen atoms in total. The van der Waals surface area contributed by atoms with Crippen molar-refractivity contribution in [3.8, 4) is 11.6 Å². The summed E-state index contributed by atoms with van der Waals surface area (Å²) in [6.45, 7) is 6.25. The fourth-order valence-electron chi connectivity index (χ4n) is 3.43. The quantitative estimate of drug-likeness (QED) is 0.609. The number of amides is 1. The number of hydrogen-bond donors (Lipinski definition) is 0. The molecule has 156 valence electrons. The van der Waals surface area contributed by atoms with Gasteiger partial charge < -0.3 is 14.5 Å². The molecule has 0 N–H and O–H groups in total. The first kappa shape index (κ1) is 21.3. The van der Waals surface area contributed by atoms with Crippen LogP contribution in [0.15, 0.2) is 30.6 Å². The molecule has 0 bridgehead atoms. The minimum absolute atomic E-state index is 0.00895. The van der Waals surface area contributed by atoms with Crippen molar-refractivity contribution < 1.29 is 13.9 Å². The molecule has 1 fully saturated rings. The van der Waals surface area contributed by atoms with Gasteiger partial charge in [0.05, 0.1) is 5.02 Å². The molecule has 2 aromatic rings. The van der Waals surface area contributed by atoms with Crippen LogP contribution in [0.3, 0.4) is 0 Å². The summed E-state index contributed by atoms with van der Waals surface area (Å²) in [5, 5.41) is -0.00895. The normalized spacial score (nSPS) is 16.8. The summed E-state index contributed by atoms with van der Waals surface area (Å²) in [6.07, 6.45) is 5.19. The van der Waals surface area contributed by atoms with Crippen molar-refractivity contribution in [2.24, 2.45) is 0 Å². The molecule has 2 heterocycles. The van der Waals surface area contributed by atoms with E-state index in [9.17, 15) is 9.18 Å². The third-order valence-electron chi connectivity index (χ3n) is 5.01. The highest BCUT2D eigenvalue weighted by Crippen LogP contribution is 2.27. The Hall–Kier alpha value is -2.41. The van der Waals surface area contributed by atoms with Gasteiger partial charge in [-0.3, -0.25) is 4.79 Å². The second-order valence-corrected chi connectivity index (χ2v) is 7.64. The average Bonchev–Trinajstić information content (AvgIpc) is 2.71. The number of hydrogen-bond acceptors (Lipinski definition) is 5. The van der Waals surface area contributed by atoms with E-state index in [4.69, 9.17) is 16.3 Å². The van der Waals surface area contributed by atoms with Crippen molar-refractivity contribution in [3.63, 3.8) is 0 Å². The van der Waals surface area contributed by atoms with Gasteiger partial charge in [0, 0.05) is 44.2 Å². The van der Waals surface area contributed by atoms with Gasteiger partial charge in [-0.25, -0.2) is 14.4 Å². The molecular weight excluding hydrogens is 395 g/mol. The summed E-state index contributed by atoms with van der Waals surface area (Å²) in [4.78, 5) is 25.0. The largest absolute Gasteiger partial charge is 0.439 e. The molecule has 0 unspecified atom stereocenters. The van der Waals surface area contributed by atoms with Gasteiger partial charge in [0.1, 0.15) is 23.7 Å². The van der Waals surface area contributed by atoms with Crippen LogP contribution in [0.4, 0.5) is 10.2 Å². The van der Waals surface area contributed by atoms with Crippen molar-refractivity contribution in [3.05, 3.63) is 41.4 Å². The summed E-state index contributed by atoms with van der Waals surface area (Å²) in [5.41, 5.74) is 0. The van der Waals surface area contributed by atoms with Gasteiger partial charge in [0.2, 0.25) is 11.8 Å². The van der Waals surface area contributed by atoms with Gasteiger partial charge in [-0.05, 0) is 25.5 Å². The Labute approximate surface area is 175 Å². The molecule has 1 atom stereocenters. The van der Waals surface area contributed by atoms with Gasteiger partial charge in [-0.15, -0.1) is 0 Å². The van der Waals surface area contributed by atoms with E-state index in [1.807, 2.05) is 4.90 Å². The lowest BCUT2D eigenvalue weighted by atomic mass is 10.1. The fraction of sp³-hybridized carbons (Fsp3) is 0.476. The van der Waals surface area contributed by atoms with Gasteiger partial charge in [0.25, 0.3) is 0 Å². The van der Waals surface area contributed by atoms with Crippen LogP contribution in [0.2, 0.25) is 5.02 Å². The third kappa shape index (κ3) is 5.56. The van der Waals surface area contributed by atoms with Crippen LogP contribution >= 0.6 is 11.6 Å². The topological polar surface area (TPSA) is 58.6 Å². The lowest BCUT2D eigenvalue weighted by Gasteiger charge is -2.40. The van der Waals surface area contributed by atoms with Crippen LogP contribution in [0.5, 0.6) is 11.6 Å². The van der Waals surface area contributed by atoms with Gasteiger partial charge in [-0.1, -0.05) is 31.4 Å². The predicted octanol–water partition coefficient (Wildman–Crippen LogP) is 4.68. The SMILES string of the molecule is CCCCCC(=O)N1CCN(c2cc(Oc3ccc(F)c(Cl)c3)ncn2)C[C@H]1C. The summed E-state index contributed by atoms with van der Waals surface area (Å²) >= 11 is 5.80. The minimum Gasteiger partial charge on any atom is -0.439 e. The zero-order valence-electron chi connectivity index (χ0n) is 16.8. The number of halogens is 2. The first-order valence-electron chi connectivity index (χ1n) is 9.97. The van der Waals surface area contributed by atoms with Crippen molar-refractivity contribution in [2.45, 2.75) is 45.6 Å². The molecule has 1 amide bonds. The van der Waals surface area contributed by atoms with Crippen molar-refractivity contribution in [1.29, 1.82) is 0 Å². The Kier molecular flexibility index (Phi) is 7.25. The molecule has 0 spiro atoms. The summed E-state index contributed by atoms with van der Waals surface area (Å²) in [5.74, 6) is 1.21. The molecule has 1 aromatic carbocycles. The number of carbonyl (C=O) groups is 1. The predicted molar refractivity (Wildman–Crippen MR) is 111 cm³/mol. The molecule has 29 heavy (non-hydrogen) atoms. The Morgan fingerprint density at radius 2 is 2.10 bits per heavy atom. The Balaban J connectivity index is 1.62. The molecule has 0 saturated carbocycles. The van der Waals surface area contributed by atoms with Crippen LogP contribution in [0.1, 0.15) is 39.5 Å². The van der Waals surface area contributed by atoms with E-state index in [1.54, 1.807) is 6.07 Å². The summed E-state index contributed by atoms with van der Waals surface area (Å²) < 4.78 is 19.0. The van der Waals surface area contributed by atoms with E-state index in [0.717, 1.165) is 25.1 Å². The highest BCUT2D eigenvalue weighted by atomic mass is 35.5. The standard InChI is InChI=1S/C21H26ClFN4O2/c1-3-4-5-6-21(28)27-10-9-26(13-15(27)2)19-12-20(25-14-24-19)29-16-7-8-18(23)17(22)11-16/h7-8,11-12,14-15H,3-6,9-10,13H2,1-2H3/t15-/m1/s1. The zero-order chi connectivity index (χ0) is 20.8. The molecule has 1 aliphatic rings. The zero-order valence-corrected chi connectivity index (χ0v) is 17.5. The number of nitrogens with zero attached hydrogens (tertiary/aromatic N) is 4. The Morgan fingerprint density at radius 3 is 2.83 bits per heavy atom. The molecule has 8 heteroatoms. The van der Waals surface area contributed by atoms with E-state index < -0.39 is 5.82 Å². The lowest BCUT2D eigenvalue weighted by molar-refractivity contribution is -0.133. The highest BCUT2D eigenvalue weighted by Gasteiger charge is 2.27. The molecule has 1 saturated heterocycles. The van der Waals surface area contributed by atoms with Gasteiger partial charge >= 0.3 is 0 Å². The number of rotatable bonds is 7. The average molecular weight is 421 g/mol. The second-order valence-electron chi connectivity index (χ2n) is 7.23. The number of aromatic nitrogens is 2. The molecular formula is C21H26ClFN4O2. The minimum atomic E-state index is -0.501. The third-order valence-corrected chi connectivity index (χ3v) is 5.30. The molecule has 1 aromatic heterocycles. The molecule has 0 aliphatic carbocycles. The number of carbonyl (C=O) groups excluding carboxylic acids is 1. The van der Waals surface area contributed by atoms with Crippen LogP contribution in [-0.2, 0) is 4.79 Å². The van der Waals surface area contributed by atoms with E-state index in [1.165, 1.54) is 24.5 Å². The number of unbranched alkanes of at least 4 members (excludes halogenated alkanes) is 2. The van der Waals surface area contributed by atoms with E-state index >= 15 is 0 Å². The summed E-state index contributed by atoms with van der Waals surface area (Å²) in [6, 6.07) is 5.99. The Morgan fingerprint density at radius 1 is 1.28 bits per heavy atom. The highest BCUT2D eigenvalue weighted by molar-refractivity contribution is 6.30. The van der Waals surface area contributed by atoms with E-state index in [0.29, 0.717) is 37.7 Å². The maximum atomic E-state index is 13.3. The molecule has 1 aliphatic heterocycles. The monoisotopic (exact) mass is 420 g/mol. The van der Waals surface area contributed by atoms with Crippen LogP contribution < -0.4 is 9.64 Å². The molecule has 0 radical (unpaired) electrons. The number of benzene rings is 1. The van der Waals surface area contributed by atoms with Crippen molar-refractivity contribution in [2.75, 3.05) is 24.5 Å². The maximum absolute atomic E-state index is 13.3. The number of piperazine rings is 1. The number of anilines is 1. The first-order valence-corrected chi connectivity index (χ1v) is 10.3. The molecule has 3 rings (SSSR count). The smallest absolute Gasteiger partial charge is 0.224 e. The van der Waals surface area contributed by atoms with Gasteiger partial charge in [0.15, 0.2) is 0 Å². The lowest BCUT2D eigenvalue weighted by Crippen LogP contribution is -2.54. The first-order chi connectivity index (χ1) is 14.0. The van der Waals surface area contributed by atoms with Crippen molar-refractivity contribution in [1.82, 2.24) is 14.9 Å². The Bertz CT molecular complexity index is 851. The van der Waals surface area contributed by atoms with Crippen LogP contribution in [-0.4, -0.2) is 46.5 Å². The number of ether oxygens (including phenoxy) is 1.